The molecule has 0 unspecified atom stereocenters. The van der Waals surface area contributed by atoms with Crippen molar-refractivity contribution < 1.29 is 22.7 Å². The number of amides is 1. The monoisotopic (exact) mass is 491 g/mol. The van der Waals surface area contributed by atoms with Crippen molar-refractivity contribution in [2.24, 2.45) is 0 Å². The predicted molar refractivity (Wildman–Crippen MR) is 130 cm³/mol. The first-order valence-corrected chi connectivity index (χ1v) is 10.9. The van der Waals surface area contributed by atoms with Gasteiger partial charge in [0, 0.05) is 17.8 Å². The largest absolute Gasteiger partial charge is 0.496 e. The Balaban J connectivity index is 1.63. The minimum Gasteiger partial charge on any atom is -0.496 e. The second-order valence-corrected chi connectivity index (χ2v) is 8.02. The zero-order chi connectivity index (χ0) is 25.4. The van der Waals surface area contributed by atoms with Gasteiger partial charge in [-0.1, -0.05) is 30.3 Å². The van der Waals surface area contributed by atoms with Crippen LogP contribution in [-0.2, 0) is 12.7 Å². The number of para-hydroxylation sites is 3. The topological polar surface area (TPSA) is 95.1 Å². The zero-order valence-corrected chi connectivity index (χ0v) is 19.0. The number of halogens is 3. The third kappa shape index (κ3) is 4.06. The maximum Gasteiger partial charge on any atom is 0.416 e. The molecule has 36 heavy (non-hydrogen) atoms. The summed E-state index contributed by atoms with van der Waals surface area (Å²) in [4.78, 5) is 22.6. The van der Waals surface area contributed by atoms with Crippen molar-refractivity contribution in [3.05, 3.63) is 89.5 Å². The number of nitrogens with zero attached hydrogens (tertiary/aromatic N) is 3. The molecule has 0 radical (unpaired) electrons. The molecule has 5 rings (SSSR count). The number of nitrogens with one attached hydrogen (secondary N) is 1. The second-order valence-electron chi connectivity index (χ2n) is 8.02. The second kappa shape index (κ2) is 8.88. The molecule has 0 aliphatic heterocycles. The highest BCUT2D eigenvalue weighted by Gasteiger charge is 2.31. The van der Waals surface area contributed by atoms with Gasteiger partial charge in [-0.05, 0) is 42.5 Å². The number of nitrogens with two attached hydrogens (primary N) is 1. The van der Waals surface area contributed by atoms with Gasteiger partial charge in [0.25, 0.3) is 5.91 Å². The van der Waals surface area contributed by atoms with E-state index in [9.17, 15) is 18.0 Å². The third-order valence-corrected chi connectivity index (χ3v) is 5.81. The standard InChI is InChI=1S/C26H20F3N5O2/c1-36-20-9-5-2-6-15(20)14-31-25(35)21-22-24(33-19-8-4-3-7-18(19)32-22)34(23(21)30)17-12-10-16(11-13-17)26(27,28)29/h2-13H,14,30H2,1H3,(H,31,35). The molecule has 0 saturated heterocycles. The number of carbonyl (C=O) groups excluding carboxylic acids is 1. The number of alkyl halides is 3. The molecule has 5 aromatic rings. The fraction of sp³-hybridized carbons (Fsp3) is 0.115. The Kier molecular flexibility index (Phi) is 5.71. The van der Waals surface area contributed by atoms with Gasteiger partial charge in [-0.25, -0.2) is 9.97 Å². The van der Waals surface area contributed by atoms with Gasteiger partial charge in [-0.2, -0.15) is 13.2 Å². The first kappa shape index (κ1) is 23.2. The van der Waals surface area contributed by atoms with E-state index < -0.39 is 17.6 Å². The maximum absolute atomic E-state index is 13.4. The number of rotatable bonds is 5. The lowest BCUT2D eigenvalue weighted by Crippen LogP contribution is -2.24. The van der Waals surface area contributed by atoms with Crippen LogP contribution in [0.1, 0.15) is 21.5 Å². The molecule has 3 aromatic carbocycles. The fourth-order valence-electron chi connectivity index (χ4n) is 4.06. The van der Waals surface area contributed by atoms with E-state index in [1.165, 1.54) is 23.8 Å². The van der Waals surface area contributed by atoms with Crippen molar-refractivity contribution >= 4 is 33.9 Å². The van der Waals surface area contributed by atoms with Gasteiger partial charge in [-0.3, -0.25) is 9.36 Å². The van der Waals surface area contributed by atoms with Crippen molar-refractivity contribution in [1.29, 1.82) is 0 Å². The Morgan fingerprint density at radius 3 is 2.28 bits per heavy atom. The number of hydrogen-bond donors (Lipinski definition) is 2. The van der Waals surface area contributed by atoms with E-state index >= 15 is 0 Å². The van der Waals surface area contributed by atoms with Crippen LogP contribution < -0.4 is 15.8 Å². The molecule has 3 N–H and O–H groups in total. The first-order chi connectivity index (χ1) is 17.3. The molecule has 0 aliphatic rings. The average Bonchev–Trinajstić information content (AvgIpc) is 3.16. The smallest absolute Gasteiger partial charge is 0.416 e. The van der Waals surface area contributed by atoms with Crippen LogP contribution in [-0.4, -0.2) is 27.6 Å². The summed E-state index contributed by atoms with van der Waals surface area (Å²) < 4.78 is 46.1. The molecule has 182 valence electrons. The van der Waals surface area contributed by atoms with Gasteiger partial charge < -0.3 is 15.8 Å². The van der Waals surface area contributed by atoms with Gasteiger partial charge >= 0.3 is 6.18 Å². The van der Waals surface area contributed by atoms with Crippen LogP contribution in [0.4, 0.5) is 19.0 Å². The minimum atomic E-state index is -4.48. The Hall–Kier alpha value is -4.60. The predicted octanol–water partition coefficient (Wildman–Crippen LogP) is 5.11. The van der Waals surface area contributed by atoms with Gasteiger partial charge in [0.1, 0.15) is 22.6 Å². The van der Waals surface area contributed by atoms with E-state index in [2.05, 4.69) is 15.3 Å². The lowest BCUT2D eigenvalue weighted by Gasteiger charge is -2.11. The number of aromatic nitrogens is 3. The first-order valence-electron chi connectivity index (χ1n) is 10.9. The van der Waals surface area contributed by atoms with Crippen LogP contribution in [0.5, 0.6) is 5.75 Å². The van der Waals surface area contributed by atoms with Gasteiger partial charge in [-0.15, -0.1) is 0 Å². The van der Waals surface area contributed by atoms with E-state index in [1.807, 2.05) is 18.2 Å². The van der Waals surface area contributed by atoms with Crippen molar-refractivity contribution in [3.63, 3.8) is 0 Å². The van der Waals surface area contributed by atoms with E-state index in [0.29, 0.717) is 22.5 Å². The molecule has 0 spiro atoms. The summed E-state index contributed by atoms with van der Waals surface area (Å²) in [5.74, 6) is 0.125. The van der Waals surface area contributed by atoms with Crippen LogP contribution in [0, 0.1) is 0 Å². The van der Waals surface area contributed by atoms with Crippen LogP contribution in [0.3, 0.4) is 0 Å². The van der Waals surface area contributed by atoms with Gasteiger partial charge in [0.15, 0.2) is 5.65 Å². The van der Waals surface area contributed by atoms with Crippen LogP contribution in [0.2, 0.25) is 0 Å². The minimum absolute atomic E-state index is 0.0117. The summed E-state index contributed by atoms with van der Waals surface area (Å²) in [7, 11) is 1.54. The molecule has 0 atom stereocenters. The number of fused-ring (bicyclic) bond motifs is 2. The Labute approximate surface area is 203 Å². The molecule has 7 nitrogen and oxygen atoms in total. The number of carbonyl (C=O) groups is 1. The number of nitrogen functional groups attached to an aromatic ring is 1. The Morgan fingerprint density at radius 2 is 1.61 bits per heavy atom. The maximum atomic E-state index is 13.4. The highest BCUT2D eigenvalue weighted by Crippen LogP contribution is 2.33. The van der Waals surface area contributed by atoms with E-state index in [4.69, 9.17) is 10.5 Å². The summed E-state index contributed by atoms with van der Waals surface area (Å²) in [6.07, 6.45) is -4.48. The number of hydrogen-bond acceptors (Lipinski definition) is 5. The number of methoxy groups -OCH3 is 1. The number of benzene rings is 3. The molecule has 0 fully saturated rings. The van der Waals surface area contributed by atoms with Crippen molar-refractivity contribution in [2.45, 2.75) is 12.7 Å². The number of anilines is 1. The molecule has 0 aliphatic carbocycles. The van der Waals surface area contributed by atoms with Crippen molar-refractivity contribution in [3.8, 4) is 11.4 Å². The normalized spacial score (nSPS) is 11.7. The van der Waals surface area contributed by atoms with Crippen LogP contribution >= 0.6 is 0 Å². The van der Waals surface area contributed by atoms with Crippen LogP contribution in [0.15, 0.2) is 72.8 Å². The quantitative estimate of drug-likeness (QED) is 0.356. The summed E-state index contributed by atoms with van der Waals surface area (Å²) in [6, 6.07) is 18.8. The summed E-state index contributed by atoms with van der Waals surface area (Å²) in [6.45, 7) is 0.163. The average molecular weight is 491 g/mol. The van der Waals surface area contributed by atoms with Gasteiger partial charge in [0.2, 0.25) is 0 Å². The summed E-state index contributed by atoms with van der Waals surface area (Å²) in [5, 5.41) is 2.84. The molecule has 2 aromatic heterocycles. The molecule has 0 bridgehead atoms. The fourth-order valence-corrected chi connectivity index (χ4v) is 4.06. The molecular weight excluding hydrogens is 471 g/mol. The van der Waals surface area contributed by atoms with E-state index in [-0.39, 0.29) is 29.1 Å². The number of ether oxygens (including phenoxy) is 1. The SMILES string of the molecule is COc1ccccc1CNC(=O)c1c(N)n(-c2ccc(C(F)(F)F)cc2)c2nc3ccccc3nc12. The lowest BCUT2D eigenvalue weighted by molar-refractivity contribution is -0.137. The summed E-state index contributed by atoms with van der Waals surface area (Å²) >= 11 is 0. The summed E-state index contributed by atoms with van der Waals surface area (Å²) in [5.41, 5.74) is 8.40. The van der Waals surface area contributed by atoms with Crippen molar-refractivity contribution in [2.75, 3.05) is 12.8 Å². The molecule has 2 heterocycles. The van der Waals surface area contributed by atoms with Crippen molar-refractivity contribution in [1.82, 2.24) is 19.9 Å². The molecule has 10 heteroatoms. The van der Waals surface area contributed by atoms with Gasteiger partial charge in [0.05, 0.1) is 23.7 Å². The molecular formula is C26H20F3N5O2. The van der Waals surface area contributed by atoms with Crippen LogP contribution in [0.25, 0.3) is 27.9 Å². The Bertz CT molecular complexity index is 1590. The highest BCUT2D eigenvalue weighted by molar-refractivity contribution is 6.11. The Morgan fingerprint density at radius 1 is 0.972 bits per heavy atom. The molecule has 1 amide bonds. The molecule has 0 saturated carbocycles. The van der Waals surface area contributed by atoms with E-state index in [1.54, 1.807) is 30.3 Å². The highest BCUT2D eigenvalue weighted by atomic mass is 19.4. The third-order valence-electron chi connectivity index (χ3n) is 5.81. The zero-order valence-electron chi connectivity index (χ0n) is 19.0. The lowest BCUT2D eigenvalue weighted by atomic mass is 10.2. The van der Waals surface area contributed by atoms with E-state index in [0.717, 1.165) is 17.7 Å².